The van der Waals surface area contributed by atoms with Gasteiger partial charge in [-0.25, -0.2) is 8.42 Å². The monoisotopic (exact) mass is 282 g/mol. The fraction of sp³-hybridized carbons (Fsp3) is 0.0833. The summed E-state index contributed by atoms with van der Waals surface area (Å²) in [6.07, 6.45) is 2.82. The molecule has 0 aliphatic rings. The second-order valence-corrected chi connectivity index (χ2v) is 5.58. The third-order valence-electron chi connectivity index (χ3n) is 2.28. The van der Waals surface area contributed by atoms with E-state index < -0.39 is 10.0 Å². The Bertz CT molecular complexity index is 630. The third kappa shape index (κ3) is 3.00. The van der Waals surface area contributed by atoms with Crippen LogP contribution in [0.25, 0.3) is 0 Å². The SMILES string of the molecule is O=S(=O)(Nc1cccc(CCl)c1)c1cccnc1. The molecule has 18 heavy (non-hydrogen) atoms. The number of hydrogen-bond donors (Lipinski definition) is 1. The minimum atomic E-state index is -3.59. The number of nitrogens with zero attached hydrogens (tertiary/aromatic N) is 1. The van der Waals surface area contributed by atoms with E-state index in [1.54, 1.807) is 24.3 Å². The van der Waals surface area contributed by atoms with Gasteiger partial charge in [-0.15, -0.1) is 11.6 Å². The van der Waals surface area contributed by atoms with Crippen LogP contribution in [0.5, 0.6) is 0 Å². The van der Waals surface area contributed by atoms with Gasteiger partial charge in [0, 0.05) is 24.0 Å². The Kier molecular flexibility index (Phi) is 3.84. The van der Waals surface area contributed by atoms with Gasteiger partial charge in [0.2, 0.25) is 0 Å². The van der Waals surface area contributed by atoms with E-state index in [9.17, 15) is 8.42 Å². The number of pyridine rings is 1. The van der Waals surface area contributed by atoms with Gasteiger partial charge in [0.25, 0.3) is 10.0 Å². The fourth-order valence-electron chi connectivity index (χ4n) is 1.44. The first-order valence-corrected chi connectivity index (χ1v) is 7.21. The van der Waals surface area contributed by atoms with E-state index in [0.717, 1.165) is 5.56 Å². The van der Waals surface area contributed by atoms with Crippen LogP contribution in [0.2, 0.25) is 0 Å². The van der Waals surface area contributed by atoms with Crippen molar-refractivity contribution < 1.29 is 8.42 Å². The molecule has 0 saturated heterocycles. The molecule has 0 bridgehead atoms. The Morgan fingerprint density at radius 2 is 2.06 bits per heavy atom. The summed E-state index contributed by atoms with van der Waals surface area (Å²) in [6, 6.07) is 10.0. The number of hydrogen-bond acceptors (Lipinski definition) is 3. The first-order valence-electron chi connectivity index (χ1n) is 5.19. The first-order chi connectivity index (χ1) is 8.62. The normalized spacial score (nSPS) is 11.2. The second-order valence-electron chi connectivity index (χ2n) is 3.63. The van der Waals surface area contributed by atoms with Crippen LogP contribution in [-0.2, 0) is 15.9 Å². The van der Waals surface area contributed by atoms with Crippen molar-refractivity contribution in [3.63, 3.8) is 0 Å². The molecule has 1 aromatic heterocycles. The summed E-state index contributed by atoms with van der Waals surface area (Å²) >= 11 is 5.70. The molecule has 6 heteroatoms. The van der Waals surface area contributed by atoms with Crippen LogP contribution in [0.4, 0.5) is 5.69 Å². The van der Waals surface area contributed by atoms with Crippen molar-refractivity contribution >= 4 is 27.3 Å². The lowest BCUT2D eigenvalue weighted by molar-refractivity contribution is 0.601. The smallest absolute Gasteiger partial charge is 0.263 e. The van der Waals surface area contributed by atoms with Crippen molar-refractivity contribution in [3.8, 4) is 0 Å². The number of aromatic nitrogens is 1. The van der Waals surface area contributed by atoms with E-state index in [-0.39, 0.29) is 4.90 Å². The zero-order valence-corrected chi connectivity index (χ0v) is 10.9. The van der Waals surface area contributed by atoms with Crippen LogP contribution in [0.3, 0.4) is 0 Å². The van der Waals surface area contributed by atoms with Gasteiger partial charge in [-0.3, -0.25) is 9.71 Å². The summed E-state index contributed by atoms with van der Waals surface area (Å²) in [6.45, 7) is 0. The molecular formula is C12H11ClN2O2S. The van der Waals surface area contributed by atoms with Crippen molar-refractivity contribution in [1.29, 1.82) is 0 Å². The Balaban J connectivity index is 2.28. The molecule has 0 amide bonds. The van der Waals surface area contributed by atoms with Crippen LogP contribution in [0.15, 0.2) is 53.7 Å². The van der Waals surface area contributed by atoms with E-state index in [4.69, 9.17) is 11.6 Å². The maximum absolute atomic E-state index is 12.0. The van der Waals surface area contributed by atoms with Gasteiger partial charge in [-0.05, 0) is 29.8 Å². The van der Waals surface area contributed by atoms with Crippen LogP contribution >= 0.6 is 11.6 Å². The number of benzene rings is 1. The maximum atomic E-state index is 12.0. The van der Waals surface area contributed by atoms with Gasteiger partial charge < -0.3 is 0 Å². The van der Waals surface area contributed by atoms with Crippen molar-refractivity contribution in [2.45, 2.75) is 10.8 Å². The topological polar surface area (TPSA) is 59.1 Å². The predicted molar refractivity (Wildman–Crippen MR) is 71.0 cm³/mol. The van der Waals surface area contributed by atoms with Crippen LogP contribution in [-0.4, -0.2) is 13.4 Å². The highest BCUT2D eigenvalue weighted by atomic mass is 35.5. The van der Waals surface area contributed by atoms with E-state index in [1.807, 2.05) is 6.07 Å². The first kappa shape index (κ1) is 12.9. The zero-order chi connectivity index (χ0) is 13.0. The average Bonchev–Trinajstić information content (AvgIpc) is 2.39. The fourth-order valence-corrected chi connectivity index (χ4v) is 2.62. The van der Waals surface area contributed by atoms with Gasteiger partial charge in [-0.1, -0.05) is 12.1 Å². The van der Waals surface area contributed by atoms with Crippen molar-refractivity contribution in [3.05, 3.63) is 54.4 Å². The molecule has 1 N–H and O–H groups in total. The standard InChI is InChI=1S/C12H11ClN2O2S/c13-8-10-3-1-4-11(7-10)15-18(16,17)12-5-2-6-14-9-12/h1-7,9,15H,8H2. The molecule has 0 atom stereocenters. The highest BCUT2D eigenvalue weighted by Crippen LogP contribution is 2.17. The van der Waals surface area contributed by atoms with Crippen LogP contribution in [0.1, 0.15) is 5.56 Å². The largest absolute Gasteiger partial charge is 0.280 e. The molecule has 0 spiro atoms. The summed E-state index contributed by atoms with van der Waals surface area (Å²) in [5.41, 5.74) is 1.33. The number of nitrogens with one attached hydrogen (secondary N) is 1. The van der Waals surface area contributed by atoms with Crippen molar-refractivity contribution in [2.24, 2.45) is 0 Å². The quantitative estimate of drug-likeness (QED) is 0.877. The Morgan fingerprint density at radius 1 is 1.22 bits per heavy atom. The summed E-state index contributed by atoms with van der Waals surface area (Å²) in [5.74, 6) is 0.336. The van der Waals surface area contributed by atoms with Crippen LogP contribution < -0.4 is 4.72 Å². The van der Waals surface area contributed by atoms with Gasteiger partial charge >= 0.3 is 0 Å². The van der Waals surface area contributed by atoms with Crippen LogP contribution in [0, 0.1) is 0 Å². The van der Waals surface area contributed by atoms with E-state index in [0.29, 0.717) is 11.6 Å². The Hall–Kier alpha value is -1.59. The number of rotatable bonds is 4. The number of anilines is 1. The van der Waals surface area contributed by atoms with Crippen molar-refractivity contribution in [1.82, 2.24) is 4.98 Å². The summed E-state index contributed by atoms with van der Waals surface area (Å²) in [7, 11) is -3.59. The molecule has 0 radical (unpaired) electrons. The van der Waals surface area contributed by atoms with Gasteiger partial charge in [0.1, 0.15) is 4.90 Å². The molecule has 0 aliphatic heterocycles. The number of halogens is 1. The average molecular weight is 283 g/mol. The molecule has 1 heterocycles. The lowest BCUT2D eigenvalue weighted by atomic mass is 10.2. The molecule has 0 aliphatic carbocycles. The minimum absolute atomic E-state index is 0.126. The highest BCUT2D eigenvalue weighted by molar-refractivity contribution is 7.92. The molecule has 0 saturated carbocycles. The summed E-state index contributed by atoms with van der Waals surface area (Å²) < 4.78 is 26.5. The molecule has 94 valence electrons. The highest BCUT2D eigenvalue weighted by Gasteiger charge is 2.13. The van der Waals surface area contributed by atoms with E-state index in [1.165, 1.54) is 18.5 Å². The minimum Gasteiger partial charge on any atom is -0.280 e. The van der Waals surface area contributed by atoms with E-state index >= 15 is 0 Å². The van der Waals surface area contributed by atoms with E-state index in [2.05, 4.69) is 9.71 Å². The summed E-state index contributed by atoms with van der Waals surface area (Å²) in [4.78, 5) is 3.91. The predicted octanol–water partition coefficient (Wildman–Crippen LogP) is 2.62. The molecule has 2 aromatic rings. The second kappa shape index (κ2) is 5.37. The Morgan fingerprint density at radius 3 is 2.72 bits per heavy atom. The number of alkyl halides is 1. The van der Waals surface area contributed by atoms with Gasteiger partial charge in [0.15, 0.2) is 0 Å². The molecule has 0 unspecified atom stereocenters. The maximum Gasteiger partial charge on any atom is 0.263 e. The molecular weight excluding hydrogens is 272 g/mol. The molecule has 0 fully saturated rings. The lowest BCUT2D eigenvalue weighted by Crippen LogP contribution is -2.13. The Labute approximate surface area is 111 Å². The zero-order valence-electron chi connectivity index (χ0n) is 9.38. The van der Waals surface area contributed by atoms with Gasteiger partial charge in [-0.2, -0.15) is 0 Å². The van der Waals surface area contributed by atoms with Crippen molar-refractivity contribution in [2.75, 3.05) is 4.72 Å². The molecule has 2 rings (SSSR count). The van der Waals surface area contributed by atoms with Gasteiger partial charge in [0.05, 0.1) is 0 Å². The molecule has 1 aromatic carbocycles. The summed E-state index contributed by atoms with van der Waals surface area (Å²) in [5, 5.41) is 0. The lowest BCUT2D eigenvalue weighted by Gasteiger charge is -2.08. The third-order valence-corrected chi connectivity index (χ3v) is 3.95. The molecule has 4 nitrogen and oxygen atoms in total. The number of sulfonamides is 1.